The maximum atomic E-state index is 4.28. The SMILES string of the molecule is C=Cc1c(/C=C\C)cc(N(c2ccc(-c3c4ccccc4c(C4=CCCC=C4)c4ccccc34)cc2)c2ccc(-c3c4ccccc4c(-c4ccccc4)c4ccccc34)cc2)c2ccccc12. The predicted octanol–water partition coefficient (Wildman–Crippen LogP) is 19.3. The van der Waals surface area contributed by atoms with Gasteiger partial charge >= 0.3 is 0 Å². The van der Waals surface area contributed by atoms with Crippen molar-refractivity contribution in [2.24, 2.45) is 0 Å². The van der Waals surface area contributed by atoms with E-state index in [0.717, 1.165) is 46.4 Å². The van der Waals surface area contributed by atoms with Gasteiger partial charge in [-0.15, -0.1) is 0 Å². The van der Waals surface area contributed by atoms with E-state index in [9.17, 15) is 0 Å². The van der Waals surface area contributed by atoms with Crippen molar-refractivity contribution in [3.8, 4) is 33.4 Å². The zero-order valence-corrected chi connectivity index (χ0v) is 38.2. The number of nitrogens with zero attached hydrogens (tertiary/aromatic N) is 1. The van der Waals surface area contributed by atoms with Gasteiger partial charge < -0.3 is 4.90 Å². The molecular formula is C67H49N. The number of rotatable bonds is 9. The molecule has 0 unspecified atom stereocenters. The zero-order chi connectivity index (χ0) is 45.6. The summed E-state index contributed by atoms with van der Waals surface area (Å²) in [5.41, 5.74) is 15.5. The van der Waals surface area contributed by atoms with Gasteiger partial charge in [0.1, 0.15) is 0 Å². The lowest BCUT2D eigenvalue weighted by Gasteiger charge is -2.29. The molecule has 322 valence electrons. The van der Waals surface area contributed by atoms with E-state index >= 15 is 0 Å². The molecule has 0 atom stereocenters. The summed E-state index contributed by atoms with van der Waals surface area (Å²) in [6, 6.07) is 76.1. The van der Waals surface area contributed by atoms with E-state index in [0.29, 0.717) is 0 Å². The van der Waals surface area contributed by atoms with E-state index in [1.807, 2.05) is 6.08 Å². The topological polar surface area (TPSA) is 3.24 Å². The lowest BCUT2D eigenvalue weighted by molar-refractivity contribution is 1.04. The third kappa shape index (κ3) is 6.86. The monoisotopic (exact) mass is 867 g/mol. The Morgan fingerprint density at radius 1 is 0.412 bits per heavy atom. The molecule has 0 amide bonds. The van der Waals surface area contributed by atoms with Gasteiger partial charge in [-0.25, -0.2) is 0 Å². The van der Waals surface area contributed by atoms with Crippen molar-refractivity contribution in [3.63, 3.8) is 0 Å². The molecule has 11 aromatic rings. The molecule has 0 radical (unpaired) electrons. The summed E-state index contributed by atoms with van der Waals surface area (Å²) in [6.07, 6.45) is 15.5. The smallest absolute Gasteiger partial charge is 0.0546 e. The van der Waals surface area contributed by atoms with Crippen molar-refractivity contribution in [2.45, 2.75) is 19.8 Å². The normalized spacial score (nSPS) is 12.7. The first-order chi connectivity index (χ1) is 33.7. The number of hydrogen-bond acceptors (Lipinski definition) is 1. The second-order valence-corrected chi connectivity index (χ2v) is 17.8. The molecule has 12 rings (SSSR count). The Morgan fingerprint density at radius 2 is 0.809 bits per heavy atom. The van der Waals surface area contributed by atoms with Crippen LogP contribution in [0.2, 0.25) is 0 Å². The molecule has 0 bridgehead atoms. The van der Waals surface area contributed by atoms with Crippen LogP contribution in [-0.2, 0) is 0 Å². The highest BCUT2D eigenvalue weighted by atomic mass is 15.1. The van der Waals surface area contributed by atoms with Gasteiger partial charge in [0.05, 0.1) is 5.69 Å². The van der Waals surface area contributed by atoms with Crippen LogP contribution in [-0.4, -0.2) is 0 Å². The molecular weight excluding hydrogens is 819 g/mol. The van der Waals surface area contributed by atoms with Crippen molar-refractivity contribution in [3.05, 3.63) is 254 Å². The maximum absolute atomic E-state index is 4.28. The van der Waals surface area contributed by atoms with E-state index in [2.05, 4.69) is 255 Å². The first kappa shape index (κ1) is 40.9. The minimum absolute atomic E-state index is 1.06. The molecule has 1 aliphatic rings. The second-order valence-electron chi connectivity index (χ2n) is 17.8. The van der Waals surface area contributed by atoms with Gasteiger partial charge in [-0.1, -0.05) is 219 Å². The van der Waals surface area contributed by atoms with E-state index in [1.165, 1.54) is 93.0 Å². The summed E-state index contributed by atoms with van der Waals surface area (Å²) in [6.45, 7) is 6.36. The van der Waals surface area contributed by atoms with Crippen molar-refractivity contribution < 1.29 is 0 Å². The van der Waals surface area contributed by atoms with Crippen LogP contribution in [0.1, 0.15) is 36.5 Å². The fourth-order valence-corrected chi connectivity index (χ4v) is 11.0. The molecule has 1 aliphatic carbocycles. The minimum Gasteiger partial charge on any atom is -0.310 e. The fraction of sp³-hybridized carbons (Fsp3) is 0.0448. The highest BCUT2D eigenvalue weighted by Crippen LogP contribution is 2.48. The molecule has 1 nitrogen and oxygen atoms in total. The molecule has 0 saturated carbocycles. The Labute approximate surface area is 398 Å². The number of benzene rings is 11. The van der Waals surface area contributed by atoms with Crippen LogP contribution < -0.4 is 4.90 Å². The Hall–Kier alpha value is -8.52. The Morgan fingerprint density at radius 3 is 1.22 bits per heavy atom. The van der Waals surface area contributed by atoms with Crippen LogP contribution in [0.15, 0.2) is 237 Å². The molecule has 1 heteroatoms. The third-order valence-corrected chi connectivity index (χ3v) is 13.9. The number of anilines is 3. The Kier molecular flexibility index (Phi) is 10.5. The van der Waals surface area contributed by atoms with Gasteiger partial charge in [-0.05, 0) is 154 Å². The highest BCUT2D eigenvalue weighted by molar-refractivity contribution is 6.22. The average Bonchev–Trinajstić information content (AvgIpc) is 3.40. The largest absolute Gasteiger partial charge is 0.310 e. The van der Waals surface area contributed by atoms with E-state index < -0.39 is 0 Å². The van der Waals surface area contributed by atoms with Crippen LogP contribution in [0.25, 0.3) is 105 Å². The summed E-state index contributed by atoms with van der Waals surface area (Å²) >= 11 is 0. The molecule has 0 saturated heterocycles. The van der Waals surface area contributed by atoms with Crippen LogP contribution in [0.4, 0.5) is 17.1 Å². The molecule has 0 N–H and O–H groups in total. The van der Waals surface area contributed by atoms with Crippen molar-refractivity contribution in [1.82, 2.24) is 0 Å². The second kappa shape index (κ2) is 17.4. The van der Waals surface area contributed by atoms with Crippen molar-refractivity contribution >= 4 is 88.6 Å². The highest BCUT2D eigenvalue weighted by Gasteiger charge is 2.22. The number of hydrogen-bond donors (Lipinski definition) is 0. The van der Waals surface area contributed by atoms with Gasteiger partial charge in [0.2, 0.25) is 0 Å². The number of fused-ring (bicyclic) bond motifs is 5. The average molecular weight is 868 g/mol. The molecule has 0 heterocycles. The summed E-state index contributed by atoms with van der Waals surface area (Å²) < 4.78 is 0. The third-order valence-electron chi connectivity index (χ3n) is 13.9. The zero-order valence-electron chi connectivity index (χ0n) is 38.2. The summed E-state index contributed by atoms with van der Waals surface area (Å²) in [5.74, 6) is 0. The van der Waals surface area contributed by atoms with Crippen molar-refractivity contribution in [1.29, 1.82) is 0 Å². The molecule has 0 aromatic heterocycles. The summed E-state index contributed by atoms with van der Waals surface area (Å²) in [5, 5.41) is 12.4. The molecule has 68 heavy (non-hydrogen) atoms. The lowest BCUT2D eigenvalue weighted by atomic mass is 9.84. The standard InChI is InChI=1S/C67H49N/c1-3-21-49-44-63(54-27-12-11-26-53(54)52(49)4-2)68(50-40-36-47(37-41-50)66-59-32-17-13-28-55(59)64(45-22-7-5-8-23-45)56-29-14-18-33-60(56)66)51-42-38-48(39-43-51)67-61-34-19-15-30-57(61)65(46-24-9-6-10-25-46)58-31-16-20-35-62(58)67/h3-5,7-9,11-44H,2,6,10H2,1H3/b21-3-. The quantitative estimate of drug-likeness (QED) is 0.131. The van der Waals surface area contributed by atoms with E-state index in [4.69, 9.17) is 0 Å². The summed E-state index contributed by atoms with van der Waals surface area (Å²) in [4.78, 5) is 2.44. The first-order valence-corrected chi connectivity index (χ1v) is 23.8. The van der Waals surface area contributed by atoms with Crippen molar-refractivity contribution in [2.75, 3.05) is 4.90 Å². The predicted molar refractivity (Wildman–Crippen MR) is 296 cm³/mol. The van der Waals surface area contributed by atoms with Crippen LogP contribution >= 0.6 is 0 Å². The molecule has 11 aromatic carbocycles. The fourth-order valence-electron chi connectivity index (χ4n) is 11.0. The van der Waals surface area contributed by atoms with Gasteiger partial charge in [-0.3, -0.25) is 0 Å². The number of allylic oxidation sites excluding steroid dienone is 5. The summed E-state index contributed by atoms with van der Waals surface area (Å²) in [7, 11) is 0. The Balaban J connectivity index is 1.05. The van der Waals surface area contributed by atoms with Gasteiger partial charge in [0.15, 0.2) is 0 Å². The maximum Gasteiger partial charge on any atom is 0.0546 e. The minimum atomic E-state index is 1.06. The van der Waals surface area contributed by atoms with Gasteiger partial charge in [0, 0.05) is 16.8 Å². The Bertz CT molecular complexity index is 3730. The molecule has 0 fully saturated rings. The van der Waals surface area contributed by atoms with Gasteiger partial charge in [-0.2, -0.15) is 0 Å². The molecule has 0 aliphatic heterocycles. The van der Waals surface area contributed by atoms with Crippen LogP contribution in [0.5, 0.6) is 0 Å². The first-order valence-electron chi connectivity index (χ1n) is 23.8. The lowest BCUT2D eigenvalue weighted by Crippen LogP contribution is -2.11. The van der Waals surface area contributed by atoms with E-state index in [-0.39, 0.29) is 0 Å². The van der Waals surface area contributed by atoms with Crippen LogP contribution in [0, 0.1) is 0 Å². The van der Waals surface area contributed by atoms with E-state index in [1.54, 1.807) is 0 Å². The van der Waals surface area contributed by atoms with Gasteiger partial charge in [0.25, 0.3) is 0 Å². The molecule has 0 spiro atoms. The van der Waals surface area contributed by atoms with Crippen LogP contribution in [0.3, 0.4) is 0 Å².